The summed E-state index contributed by atoms with van der Waals surface area (Å²) >= 11 is 3.26. The zero-order chi connectivity index (χ0) is 15.6. The molecule has 6 nitrogen and oxygen atoms in total. The molecule has 0 saturated carbocycles. The molecule has 1 heterocycles. The Hall–Kier alpha value is -1.67. The molecule has 0 fully saturated rings. The van der Waals surface area contributed by atoms with Crippen molar-refractivity contribution in [3.63, 3.8) is 0 Å². The van der Waals surface area contributed by atoms with Crippen LogP contribution in [0.4, 0.5) is 5.95 Å². The van der Waals surface area contributed by atoms with Crippen LogP contribution in [0.25, 0.3) is 0 Å². The molecule has 21 heavy (non-hydrogen) atoms. The van der Waals surface area contributed by atoms with Crippen molar-refractivity contribution >= 4 is 31.9 Å². The molecule has 112 valence electrons. The molecule has 2 rings (SSSR count). The van der Waals surface area contributed by atoms with Crippen molar-refractivity contribution in [2.75, 3.05) is 18.5 Å². The fourth-order valence-corrected chi connectivity index (χ4v) is 3.77. The number of aromatic nitrogens is 2. The molecule has 0 atom stereocenters. The average molecular weight is 372 g/mol. The van der Waals surface area contributed by atoms with E-state index in [1.165, 1.54) is 20.4 Å². The van der Waals surface area contributed by atoms with Gasteiger partial charge in [0.05, 0.1) is 7.11 Å². The number of rotatable bonds is 4. The fourth-order valence-electron chi connectivity index (χ4n) is 1.66. The molecular formula is C13H14BrN3O3S. The Morgan fingerprint density at radius 1 is 1.29 bits per heavy atom. The number of halogens is 1. The molecule has 0 aliphatic carbocycles. The summed E-state index contributed by atoms with van der Waals surface area (Å²) in [5, 5.41) is 0. The fraction of sp³-hybridized carbons (Fsp3) is 0.231. The van der Waals surface area contributed by atoms with Gasteiger partial charge in [-0.2, -0.15) is 4.98 Å². The SMILES string of the molecule is COc1ccnc(N(C)S(=O)(=O)c2cc(C)ccc2Br)n1. The van der Waals surface area contributed by atoms with Crippen LogP contribution in [0, 0.1) is 6.92 Å². The van der Waals surface area contributed by atoms with Gasteiger partial charge in [0.25, 0.3) is 10.0 Å². The molecule has 0 bridgehead atoms. The average Bonchev–Trinajstić information content (AvgIpc) is 2.48. The summed E-state index contributed by atoms with van der Waals surface area (Å²) < 4.78 is 31.9. The van der Waals surface area contributed by atoms with Gasteiger partial charge in [-0.1, -0.05) is 6.07 Å². The summed E-state index contributed by atoms with van der Waals surface area (Å²) in [6.45, 7) is 1.83. The molecule has 0 aliphatic heterocycles. The minimum absolute atomic E-state index is 0.0442. The number of hydrogen-bond donors (Lipinski definition) is 0. The number of nitrogens with zero attached hydrogens (tertiary/aromatic N) is 3. The molecule has 0 N–H and O–H groups in total. The molecule has 0 saturated heterocycles. The minimum Gasteiger partial charge on any atom is -0.481 e. The first-order valence-electron chi connectivity index (χ1n) is 5.98. The maximum absolute atomic E-state index is 12.7. The Kier molecular flexibility index (Phi) is 4.48. The Morgan fingerprint density at radius 3 is 2.67 bits per heavy atom. The highest BCUT2D eigenvalue weighted by molar-refractivity contribution is 9.10. The third-order valence-corrected chi connectivity index (χ3v) is 5.57. The predicted molar refractivity (Wildman–Crippen MR) is 83.1 cm³/mol. The van der Waals surface area contributed by atoms with Crippen LogP contribution in [-0.4, -0.2) is 32.5 Å². The largest absolute Gasteiger partial charge is 0.481 e. The summed E-state index contributed by atoms with van der Waals surface area (Å²) in [5.74, 6) is 0.341. The van der Waals surface area contributed by atoms with Gasteiger partial charge < -0.3 is 4.74 Å². The van der Waals surface area contributed by atoms with E-state index in [0.717, 1.165) is 9.87 Å². The highest BCUT2D eigenvalue weighted by Gasteiger charge is 2.26. The number of hydrogen-bond acceptors (Lipinski definition) is 5. The molecule has 1 aromatic carbocycles. The summed E-state index contributed by atoms with van der Waals surface area (Å²) in [7, 11) is -0.907. The lowest BCUT2D eigenvalue weighted by Gasteiger charge is -2.18. The van der Waals surface area contributed by atoms with Gasteiger partial charge in [0.2, 0.25) is 11.8 Å². The monoisotopic (exact) mass is 371 g/mol. The Labute approximate surface area is 132 Å². The van der Waals surface area contributed by atoms with Gasteiger partial charge in [0, 0.05) is 23.8 Å². The van der Waals surface area contributed by atoms with E-state index in [2.05, 4.69) is 25.9 Å². The predicted octanol–water partition coefficient (Wildman–Crippen LogP) is 2.38. The van der Waals surface area contributed by atoms with Gasteiger partial charge >= 0.3 is 0 Å². The Balaban J connectivity index is 2.49. The maximum Gasteiger partial charge on any atom is 0.267 e. The molecule has 1 aromatic heterocycles. The second kappa shape index (κ2) is 5.98. The maximum atomic E-state index is 12.7. The van der Waals surface area contributed by atoms with E-state index in [1.54, 1.807) is 18.2 Å². The van der Waals surface area contributed by atoms with Crippen molar-refractivity contribution in [2.45, 2.75) is 11.8 Å². The number of benzene rings is 1. The van der Waals surface area contributed by atoms with E-state index in [0.29, 0.717) is 10.4 Å². The second-order valence-corrected chi connectivity index (χ2v) is 7.10. The van der Waals surface area contributed by atoms with Crippen LogP contribution in [0.5, 0.6) is 5.88 Å². The lowest BCUT2D eigenvalue weighted by atomic mass is 10.2. The van der Waals surface area contributed by atoms with Gasteiger partial charge in [-0.15, -0.1) is 0 Å². The van der Waals surface area contributed by atoms with Crippen LogP contribution in [0.15, 0.2) is 39.8 Å². The molecule has 0 spiro atoms. The van der Waals surface area contributed by atoms with Crippen molar-refractivity contribution in [1.82, 2.24) is 9.97 Å². The normalized spacial score (nSPS) is 11.2. The van der Waals surface area contributed by atoms with Gasteiger partial charge in [-0.05, 0) is 40.5 Å². The number of anilines is 1. The minimum atomic E-state index is -3.76. The molecule has 8 heteroatoms. The van der Waals surface area contributed by atoms with Crippen LogP contribution >= 0.6 is 15.9 Å². The molecular weight excluding hydrogens is 358 g/mol. The zero-order valence-electron chi connectivity index (χ0n) is 11.7. The number of sulfonamides is 1. The molecule has 0 aliphatic rings. The first-order chi connectivity index (χ1) is 9.86. The van der Waals surface area contributed by atoms with Crippen LogP contribution in [-0.2, 0) is 10.0 Å². The molecule has 0 amide bonds. The highest BCUT2D eigenvalue weighted by atomic mass is 79.9. The quantitative estimate of drug-likeness (QED) is 0.824. The number of aryl methyl sites for hydroxylation is 1. The second-order valence-electron chi connectivity index (χ2n) is 4.31. The zero-order valence-corrected chi connectivity index (χ0v) is 14.1. The lowest BCUT2D eigenvalue weighted by Crippen LogP contribution is -2.28. The topological polar surface area (TPSA) is 72.4 Å². The van der Waals surface area contributed by atoms with Crippen molar-refractivity contribution in [2.24, 2.45) is 0 Å². The Bertz CT molecular complexity index is 765. The number of ether oxygens (including phenoxy) is 1. The van der Waals surface area contributed by atoms with Crippen LogP contribution in [0.1, 0.15) is 5.56 Å². The summed E-state index contributed by atoms with van der Waals surface area (Å²) in [5.41, 5.74) is 0.844. The smallest absolute Gasteiger partial charge is 0.267 e. The van der Waals surface area contributed by atoms with Crippen molar-refractivity contribution in [3.05, 3.63) is 40.5 Å². The highest BCUT2D eigenvalue weighted by Crippen LogP contribution is 2.27. The molecule has 0 unspecified atom stereocenters. The van der Waals surface area contributed by atoms with E-state index in [4.69, 9.17) is 4.74 Å². The first kappa shape index (κ1) is 15.7. The van der Waals surface area contributed by atoms with E-state index in [-0.39, 0.29) is 10.8 Å². The van der Waals surface area contributed by atoms with Gasteiger partial charge in [0.15, 0.2) is 0 Å². The van der Waals surface area contributed by atoms with Crippen LogP contribution < -0.4 is 9.04 Å². The van der Waals surface area contributed by atoms with E-state index in [1.807, 2.05) is 13.0 Å². The third kappa shape index (κ3) is 3.16. The van der Waals surface area contributed by atoms with Gasteiger partial charge in [-0.3, -0.25) is 0 Å². The van der Waals surface area contributed by atoms with Crippen molar-refractivity contribution < 1.29 is 13.2 Å². The standard InChI is InChI=1S/C13H14BrN3O3S/c1-9-4-5-10(14)11(8-9)21(18,19)17(2)13-15-7-6-12(16-13)20-3/h4-8H,1-3H3. The lowest BCUT2D eigenvalue weighted by molar-refractivity contribution is 0.397. The van der Waals surface area contributed by atoms with Crippen molar-refractivity contribution in [1.29, 1.82) is 0 Å². The first-order valence-corrected chi connectivity index (χ1v) is 8.21. The Morgan fingerprint density at radius 2 is 2.00 bits per heavy atom. The third-order valence-electron chi connectivity index (χ3n) is 2.83. The van der Waals surface area contributed by atoms with Crippen LogP contribution in [0.2, 0.25) is 0 Å². The van der Waals surface area contributed by atoms with Gasteiger partial charge in [-0.25, -0.2) is 17.7 Å². The van der Waals surface area contributed by atoms with E-state index < -0.39 is 10.0 Å². The van der Waals surface area contributed by atoms with E-state index >= 15 is 0 Å². The van der Waals surface area contributed by atoms with Crippen molar-refractivity contribution in [3.8, 4) is 5.88 Å². The summed E-state index contributed by atoms with van der Waals surface area (Å²) in [6.07, 6.45) is 1.44. The van der Waals surface area contributed by atoms with Gasteiger partial charge in [0.1, 0.15) is 4.90 Å². The summed E-state index contributed by atoms with van der Waals surface area (Å²) in [4.78, 5) is 8.17. The molecule has 2 aromatic rings. The summed E-state index contributed by atoms with van der Waals surface area (Å²) in [6, 6.07) is 6.66. The van der Waals surface area contributed by atoms with E-state index in [9.17, 15) is 8.42 Å². The van der Waals surface area contributed by atoms with Crippen LogP contribution in [0.3, 0.4) is 0 Å². The molecule has 0 radical (unpaired) electrons. The number of methoxy groups -OCH3 is 1.